The number of hydrogen-bond donors (Lipinski definition) is 1. The first kappa shape index (κ1) is 14.0. The Morgan fingerprint density at radius 2 is 1.81 bits per heavy atom. The lowest BCUT2D eigenvalue weighted by Gasteiger charge is -2.24. The quantitative estimate of drug-likeness (QED) is 0.678. The summed E-state index contributed by atoms with van der Waals surface area (Å²) in [4.78, 5) is 2.42. The van der Waals surface area contributed by atoms with Gasteiger partial charge in [0.25, 0.3) is 0 Å². The van der Waals surface area contributed by atoms with Gasteiger partial charge in [0, 0.05) is 29.2 Å². The predicted molar refractivity (Wildman–Crippen MR) is 94.0 cm³/mol. The summed E-state index contributed by atoms with van der Waals surface area (Å²) in [6.45, 7) is 4.21. The highest BCUT2D eigenvalue weighted by atomic mass is 32.1. The van der Waals surface area contributed by atoms with Crippen molar-refractivity contribution in [2.75, 3.05) is 17.2 Å². The topological polar surface area (TPSA) is 29.3 Å². The molecule has 0 saturated heterocycles. The van der Waals surface area contributed by atoms with Gasteiger partial charge in [-0.25, -0.2) is 0 Å². The highest BCUT2D eigenvalue weighted by Gasteiger charge is 2.10. The van der Waals surface area contributed by atoms with Crippen LogP contribution in [-0.4, -0.2) is 6.54 Å². The molecule has 0 fully saturated rings. The first-order valence-corrected chi connectivity index (χ1v) is 8.21. The zero-order chi connectivity index (χ0) is 14.7. The summed E-state index contributed by atoms with van der Waals surface area (Å²) in [5.41, 5.74) is 9.25. The normalized spacial score (nSPS) is 10.9. The molecule has 0 aliphatic rings. The van der Waals surface area contributed by atoms with E-state index in [9.17, 15) is 0 Å². The van der Waals surface area contributed by atoms with E-state index < -0.39 is 0 Å². The molecule has 21 heavy (non-hydrogen) atoms. The van der Waals surface area contributed by atoms with Crippen molar-refractivity contribution in [3.05, 3.63) is 59.5 Å². The molecule has 2 nitrogen and oxygen atoms in total. The minimum atomic E-state index is 0.816. The van der Waals surface area contributed by atoms with Crippen LogP contribution in [0.4, 0.5) is 11.4 Å². The van der Waals surface area contributed by atoms with Gasteiger partial charge in [0.1, 0.15) is 0 Å². The summed E-state index contributed by atoms with van der Waals surface area (Å²) in [6.07, 6.45) is 1.13. The average molecular weight is 296 g/mol. The molecular weight excluding hydrogens is 276 g/mol. The molecule has 1 aromatic heterocycles. The summed E-state index contributed by atoms with van der Waals surface area (Å²) in [5, 5.41) is 3.66. The Bertz CT molecular complexity index is 715. The van der Waals surface area contributed by atoms with Crippen molar-refractivity contribution in [1.82, 2.24) is 0 Å². The Morgan fingerprint density at radius 3 is 2.57 bits per heavy atom. The van der Waals surface area contributed by atoms with Crippen molar-refractivity contribution in [3.63, 3.8) is 0 Å². The predicted octanol–water partition coefficient (Wildman–Crippen LogP) is 4.90. The van der Waals surface area contributed by atoms with E-state index in [1.165, 1.54) is 21.3 Å². The number of nitrogen functional groups attached to an aromatic ring is 1. The molecule has 2 aromatic carbocycles. The highest BCUT2D eigenvalue weighted by molar-refractivity contribution is 7.17. The average Bonchev–Trinajstić information content (AvgIpc) is 2.91. The van der Waals surface area contributed by atoms with Crippen LogP contribution in [0.1, 0.15) is 18.9 Å². The molecule has 0 amide bonds. The fourth-order valence-corrected chi connectivity index (χ4v) is 3.57. The number of nitrogens with zero attached hydrogens (tertiary/aromatic N) is 1. The number of thiophene rings is 1. The summed E-state index contributed by atoms with van der Waals surface area (Å²) in [5.74, 6) is 0. The molecule has 3 aromatic rings. The Balaban J connectivity index is 1.89. The summed E-state index contributed by atoms with van der Waals surface area (Å²) in [6, 6.07) is 16.8. The van der Waals surface area contributed by atoms with E-state index in [0.29, 0.717) is 0 Å². The second-order valence-electron chi connectivity index (χ2n) is 5.27. The van der Waals surface area contributed by atoms with E-state index in [0.717, 1.165) is 25.2 Å². The third-order valence-corrected chi connectivity index (χ3v) is 4.69. The lowest BCUT2D eigenvalue weighted by atomic mass is 10.1. The summed E-state index contributed by atoms with van der Waals surface area (Å²) in [7, 11) is 0. The molecule has 0 bridgehead atoms. The van der Waals surface area contributed by atoms with Gasteiger partial charge < -0.3 is 10.6 Å². The molecule has 0 atom stereocenters. The van der Waals surface area contributed by atoms with Crippen LogP contribution in [0.3, 0.4) is 0 Å². The summed E-state index contributed by atoms with van der Waals surface area (Å²) >= 11 is 1.82. The molecule has 0 unspecified atom stereocenters. The van der Waals surface area contributed by atoms with Crippen LogP contribution < -0.4 is 10.6 Å². The fraction of sp³-hybridized carbons (Fsp3) is 0.222. The molecular formula is C18H20N2S. The standard InChI is InChI=1S/C18H20N2S/c1-2-11-20(16-9-7-15(19)8-10-16)12-14-13-21-18-6-4-3-5-17(14)18/h3-10,13H,2,11-12,19H2,1H3. The van der Waals surface area contributed by atoms with Crippen LogP contribution in [0.2, 0.25) is 0 Å². The van der Waals surface area contributed by atoms with Gasteiger partial charge >= 0.3 is 0 Å². The largest absolute Gasteiger partial charge is 0.399 e. The van der Waals surface area contributed by atoms with Crippen molar-refractivity contribution < 1.29 is 0 Å². The van der Waals surface area contributed by atoms with E-state index in [1.807, 2.05) is 23.5 Å². The van der Waals surface area contributed by atoms with Gasteiger partial charge in [-0.15, -0.1) is 11.3 Å². The molecule has 2 N–H and O–H groups in total. The van der Waals surface area contributed by atoms with E-state index in [1.54, 1.807) is 0 Å². The summed E-state index contributed by atoms with van der Waals surface area (Å²) < 4.78 is 1.36. The van der Waals surface area contributed by atoms with E-state index in [2.05, 4.69) is 53.6 Å². The maximum atomic E-state index is 5.79. The number of nitrogens with two attached hydrogens (primary N) is 1. The molecule has 0 spiro atoms. The van der Waals surface area contributed by atoms with Crippen LogP contribution in [-0.2, 0) is 6.54 Å². The minimum absolute atomic E-state index is 0.816. The van der Waals surface area contributed by atoms with Crippen LogP contribution in [0.25, 0.3) is 10.1 Å². The monoisotopic (exact) mass is 296 g/mol. The lowest BCUT2D eigenvalue weighted by Crippen LogP contribution is -2.23. The first-order chi connectivity index (χ1) is 10.3. The van der Waals surface area contributed by atoms with Gasteiger partial charge in [0.2, 0.25) is 0 Å². The van der Waals surface area contributed by atoms with Crippen molar-refractivity contribution in [3.8, 4) is 0 Å². The van der Waals surface area contributed by atoms with Gasteiger partial charge in [0.15, 0.2) is 0 Å². The zero-order valence-electron chi connectivity index (χ0n) is 12.3. The second kappa shape index (κ2) is 6.19. The maximum Gasteiger partial charge on any atom is 0.0443 e. The van der Waals surface area contributed by atoms with Crippen LogP contribution in [0, 0.1) is 0 Å². The minimum Gasteiger partial charge on any atom is -0.399 e. The second-order valence-corrected chi connectivity index (χ2v) is 6.18. The Morgan fingerprint density at radius 1 is 1.05 bits per heavy atom. The van der Waals surface area contributed by atoms with Gasteiger partial charge in [-0.1, -0.05) is 25.1 Å². The molecule has 3 rings (SSSR count). The van der Waals surface area contributed by atoms with Crippen LogP contribution in [0.15, 0.2) is 53.9 Å². The Labute approximate surface area is 129 Å². The first-order valence-electron chi connectivity index (χ1n) is 7.33. The molecule has 1 heterocycles. The van der Waals surface area contributed by atoms with Gasteiger partial charge in [0.05, 0.1) is 0 Å². The van der Waals surface area contributed by atoms with Crippen molar-refractivity contribution in [2.24, 2.45) is 0 Å². The van der Waals surface area contributed by atoms with Gasteiger partial charge in [-0.2, -0.15) is 0 Å². The number of fused-ring (bicyclic) bond motifs is 1. The van der Waals surface area contributed by atoms with Crippen molar-refractivity contribution >= 4 is 32.8 Å². The Hall–Kier alpha value is -2.00. The maximum absolute atomic E-state index is 5.79. The zero-order valence-corrected chi connectivity index (χ0v) is 13.1. The highest BCUT2D eigenvalue weighted by Crippen LogP contribution is 2.28. The third-order valence-electron chi connectivity index (χ3n) is 3.67. The van der Waals surface area contributed by atoms with E-state index in [4.69, 9.17) is 5.73 Å². The molecule has 0 aliphatic heterocycles. The molecule has 108 valence electrons. The molecule has 0 aliphatic carbocycles. The van der Waals surface area contributed by atoms with Crippen molar-refractivity contribution in [1.29, 1.82) is 0 Å². The molecule has 0 saturated carbocycles. The van der Waals surface area contributed by atoms with Crippen LogP contribution in [0.5, 0.6) is 0 Å². The van der Waals surface area contributed by atoms with Crippen LogP contribution >= 0.6 is 11.3 Å². The van der Waals surface area contributed by atoms with E-state index >= 15 is 0 Å². The van der Waals surface area contributed by atoms with E-state index in [-0.39, 0.29) is 0 Å². The van der Waals surface area contributed by atoms with Gasteiger partial charge in [-0.05, 0) is 53.1 Å². The number of rotatable bonds is 5. The van der Waals surface area contributed by atoms with Gasteiger partial charge in [-0.3, -0.25) is 0 Å². The number of anilines is 2. The molecule has 0 radical (unpaired) electrons. The Kier molecular flexibility index (Phi) is 4.11. The number of hydrogen-bond acceptors (Lipinski definition) is 3. The number of benzene rings is 2. The van der Waals surface area contributed by atoms with Crippen molar-refractivity contribution in [2.45, 2.75) is 19.9 Å². The smallest absolute Gasteiger partial charge is 0.0443 e. The fourth-order valence-electron chi connectivity index (χ4n) is 2.62. The third kappa shape index (κ3) is 3.03. The molecule has 3 heteroatoms. The SMILES string of the molecule is CCCN(Cc1csc2ccccc12)c1ccc(N)cc1. The lowest BCUT2D eigenvalue weighted by molar-refractivity contribution is 0.771.